The first-order valence-corrected chi connectivity index (χ1v) is 5.49. The van der Waals surface area contributed by atoms with E-state index in [9.17, 15) is 0 Å². The summed E-state index contributed by atoms with van der Waals surface area (Å²) in [6.07, 6.45) is 2.36. The van der Waals surface area contributed by atoms with E-state index in [-0.39, 0.29) is 0 Å². The van der Waals surface area contributed by atoms with Gasteiger partial charge in [0.1, 0.15) is 11.6 Å². The normalized spacial score (nSPS) is 30.9. The van der Waals surface area contributed by atoms with Crippen molar-refractivity contribution in [2.24, 2.45) is 5.92 Å². The average molecular weight is 192 g/mol. The van der Waals surface area contributed by atoms with E-state index in [4.69, 9.17) is 0 Å². The summed E-state index contributed by atoms with van der Waals surface area (Å²) in [7, 11) is 0. The molecule has 3 rings (SSSR count). The Labute approximate surface area is 83.7 Å². The summed E-state index contributed by atoms with van der Waals surface area (Å²) in [5.74, 6) is 3.69. The van der Waals surface area contributed by atoms with Crippen molar-refractivity contribution in [1.82, 2.24) is 20.1 Å². The highest BCUT2D eigenvalue weighted by Gasteiger charge is 2.31. The van der Waals surface area contributed by atoms with E-state index in [0.29, 0.717) is 11.8 Å². The van der Waals surface area contributed by atoms with E-state index < -0.39 is 0 Å². The lowest BCUT2D eigenvalue weighted by Crippen LogP contribution is -2.14. The SMILES string of the molecule is C[C@@H]1CNC[C@H]1c1nnc2n1CCC2. The third-order valence-electron chi connectivity index (χ3n) is 3.49. The van der Waals surface area contributed by atoms with Gasteiger partial charge < -0.3 is 9.88 Å². The largest absolute Gasteiger partial charge is 0.316 e. The van der Waals surface area contributed by atoms with Crippen LogP contribution in [0.5, 0.6) is 0 Å². The fourth-order valence-corrected chi connectivity index (χ4v) is 2.60. The standard InChI is InChI=1S/C10H16N4/c1-7-5-11-6-8(7)10-13-12-9-3-2-4-14(9)10/h7-8,11H,2-6H2,1H3/t7-,8-/m1/s1. The highest BCUT2D eigenvalue weighted by molar-refractivity contribution is 5.09. The number of hydrogen-bond donors (Lipinski definition) is 1. The molecule has 0 saturated carbocycles. The summed E-state index contributed by atoms with van der Waals surface area (Å²) in [4.78, 5) is 0. The molecule has 1 N–H and O–H groups in total. The van der Waals surface area contributed by atoms with Gasteiger partial charge in [-0.2, -0.15) is 0 Å². The van der Waals surface area contributed by atoms with Crippen molar-refractivity contribution in [1.29, 1.82) is 0 Å². The first-order chi connectivity index (χ1) is 6.86. The molecule has 0 amide bonds. The number of aryl methyl sites for hydroxylation is 1. The maximum absolute atomic E-state index is 4.34. The molecule has 4 heteroatoms. The molecule has 0 radical (unpaired) electrons. The maximum atomic E-state index is 4.34. The molecular formula is C10H16N4. The zero-order valence-corrected chi connectivity index (χ0v) is 8.53. The average Bonchev–Trinajstić information content (AvgIpc) is 2.78. The van der Waals surface area contributed by atoms with Crippen LogP contribution in [-0.4, -0.2) is 27.9 Å². The van der Waals surface area contributed by atoms with E-state index in [0.717, 1.165) is 26.1 Å². The fourth-order valence-electron chi connectivity index (χ4n) is 2.60. The maximum Gasteiger partial charge on any atom is 0.137 e. The van der Waals surface area contributed by atoms with Crippen LogP contribution in [0.2, 0.25) is 0 Å². The summed E-state index contributed by atoms with van der Waals surface area (Å²) >= 11 is 0. The summed E-state index contributed by atoms with van der Waals surface area (Å²) in [6, 6.07) is 0. The first-order valence-electron chi connectivity index (χ1n) is 5.49. The molecule has 14 heavy (non-hydrogen) atoms. The Morgan fingerprint density at radius 3 is 3.07 bits per heavy atom. The highest BCUT2D eigenvalue weighted by atomic mass is 15.3. The van der Waals surface area contributed by atoms with Crippen molar-refractivity contribution in [3.05, 3.63) is 11.6 Å². The molecule has 0 aliphatic carbocycles. The molecule has 1 aromatic rings. The molecule has 76 valence electrons. The number of fused-ring (bicyclic) bond motifs is 1. The van der Waals surface area contributed by atoms with Crippen LogP contribution in [-0.2, 0) is 13.0 Å². The molecule has 0 bridgehead atoms. The lowest BCUT2D eigenvalue weighted by Gasteiger charge is -2.13. The second-order valence-corrected chi connectivity index (χ2v) is 4.47. The number of rotatable bonds is 1. The molecular weight excluding hydrogens is 176 g/mol. The molecule has 4 nitrogen and oxygen atoms in total. The van der Waals surface area contributed by atoms with Gasteiger partial charge in [-0.3, -0.25) is 0 Å². The van der Waals surface area contributed by atoms with Crippen LogP contribution in [0.4, 0.5) is 0 Å². The minimum atomic E-state index is 0.578. The molecule has 2 aliphatic heterocycles. The molecule has 2 aliphatic rings. The van der Waals surface area contributed by atoms with Crippen LogP contribution in [0.3, 0.4) is 0 Å². The van der Waals surface area contributed by atoms with E-state index in [1.54, 1.807) is 0 Å². The minimum Gasteiger partial charge on any atom is -0.316 e. The van der Waals surface area contributed by atoms with Gasteiger partial charge in [0.25, 0.3) is 0 Å². The van der Waals surface area contributed by atoms with Gasteiger partial charge in [-0.1, -0.05) is 6.92 Å². The quantitative estimate of drug-likeness (QED) is 0.706. The van der Waals surface area contributed by atoms with Crippen LogP contribution >= 0.6 is 0 Å². The van der Waals surface area contributed by atoms with Crippen molar-refractivity contribution < 1.29 is 0 Å². The van der Waals surface area contributed by atoms with E-state index in [1.165, 1.54) is 18.1 Å². The lowest BCUT2D eigenvalue weighted by atomic mass is 9.97. The second-order valence-electron chi connectivity index (χ2n) is 4.47. The van der Waals surface area contributed by atoms with Crippen LogP contribution < -0.4 is 5.32 Å². The third-order valence-corrected chi connectivity index (χ3v) is 3.49. The summed E-state index contributed by atoms with van der Waals surface area (Å²) < 4.78 is 2.33. The van der Waals surface area contributed by atoms with Gasteiger partial charge in [-0.15, -0.1) is 10.2 Å². The van der Waals surface area contributed by atoms with E-state index in [1.807, 2.05) is 0 Å². The van der Waals surface area contributed by atoms with Crippen LogP contribution in [0.1, 0.15) is 30.9 Å². The number of hydrogen-bond acceptors (Lipinski definition) is 3. The van der Waals surface area contributed by atoms with Crippen molar-refractivity contribution in [3.63, 3.8) is 0 Å². The Hall–Kier alpha value is -0.900. The smallest absolute Gasteiger partial charge is 0.137 e. The Kier molecular flexibility index (Phi) is 1.83. The van der Waals surface area contributed by atoms with E-state index in [2.05, 4.69) is 27.0 Å². The molecule has 1 saturated heterocycles. The monoisotopic (exact) mass is 192 g/mol. The number of aromatic nitrogens is 3. The van der Waals surface area contributed by atoms with Gasteiger partial charge in [-0.05, 0) is 18.9 Å². The number of nitrogens with zero attached hydrogens (tertiary/aromatic N) is 3. The van der Waals surface area contributed by atoms with Gasteiger partial charge in [0.2, 0.25) is 0 Å². The van der Waals surface area contributed by atoms with Gasteiger partial charge in [0, 0.05) is 25.4 Å². The zero-order valence-electron chi connectivity index (χ0n) is 8.53. The summed E-state index contributed by atoms with van der Waals surface area (Å²) in [5.41, 5.74) is 0. The van der Waals surface area contributed by atoms with Crippen LogP contribution in [0, 0.1) is 5.92 Å². The van der Waals surface area contributed by atoms with Crippen molar-refractivity contribution in [2.75, 3.05) is 13.1 Å². The van der Waals surface area contributed by atoms with Gasteiger partial charge >= 0.3 is 0 Å². The molecule has 0 unspecified atom stereocenters. The second kappa shape index (κ2) is 3.05. The summed E-state index contributed by atoms with van der Waals surface area (Å²) in [6.45, 7) is 5.61. The van der Waals surface area contributed by atoms with Crippen LogP contribution in [0.15, 0.2) is 0 Å². The number of nitrogens with one attached hydrogen (secondary N) is 1. The molecule has 3 heterocycles. The van der Waals surface area contributed by atoms with Gasteiger partial charge in [0.05, 0.1) is 0 Å². The predicted molar refractivity (Wildman–Crippen MR) is 53.1 cm³/mol. The predicted octanol–water partition coefficient (Wildman–Crippen LogP) is 0.547. The molecule has 2 atom stereocenters. The first kappa shape index (κ1) is 8.41. The Balaban J connectivity index is 1.96. The van der Waals surface area contributed by atoms with Crippen molar-refractivity contribution >= 4 is 0 Å². The minimum absolute atomic E-state index is 0.578. The molecule has 1 aromatic heterocycles. The molecule has 0 spiro atoms. The topological polar surface area (TPSA) is 42.7 Å². The Bertz CT molecular complexity index is 344. The van der Waals surface area contributed by atoms with Gasteiger partial charge in [0.15, 0.2) is 0 Å². The Morgan fingerprint density at radius 1 is 1.36 bits per heavy atom. The van der Waals surface area contributed by atoms with Gasteiger partial charge in [-0.25, -0.2) is 0 Å². The molecule has 0 aromatic carbocycles. The lowest BCUT2D eigenvalue weighted by molar-refractivity contribution is 0.516. The highest BCUT2D eigenvalue weighted by Crippen LogP contribution is 2.28. The van der Waals surface area contributed by atoms with E-state index >= 15 is 0 Å². The molecule has 1 fully saturated rings. The van der Waals surface area contributed by atoms with Crippen molar-refractivity contribution in [2.45, 2.75) is 32.2 Å². The van der Waals surface area contributed by atoms with Crippen molar-refractivity contribution in [3.8, 4) is 0 Å². The zero-order chi connectivity index (χ0) is 9.54. The fraction of sp³-hybridized carbons (Fsp3) is 0.800. The van der Waals surface area contributed by atoms with Crippen LogP contribution in [0.25, 0.3) is 0 Å². The Morgan fingerprint density at radius 2 is 2.29 bits per heavy atom. The summed E-state index contributed by atoms with van der Waals surface area (Å²) in [5, 5.41) is 12.0. The third kappa shape index (κ3) is 1.10.